The Bertz CT molecular complexity index is 669. The van der Waals surface area contributed by atoms with Gasteiger partial charge >= 0.3 is 0 Å². The van der Waals surface area contributed by atoms with Crippen molar-refractivity contribution in [3.8, 4) is 0 Å². The Hall–Kier alpha value is -2.42. The van der Waals surface area contributed by atoms with Gasteiger partial charge in [0.2, 0.25) is 0 Å². The summed E-state index contributed by atoms with van der Waals surface area (Å²) in [5.41, 5.74) is 15.8. The second-order valence-electron chi connectivity index (χ2n) is 5.49. The molecule has 0 aliphatic carbocycles. The molecule has 0 aliphatic rings. The van der Waals surface area contributed by atoms with Gasteiger partial charge in [-0.3, -0.25) is 0 Å². The highest BCUT2D eigenvalue weighted by molar-refractivity contribution is 5.42. The van der Waals surface area contributed by atoms with Crippen LogP contribution in [-0.4, -0.2) is 0 Å². The molecule has 0 aliphatic heterocycles. The zero-order valence-electron chi connectivity index (χ0n) is 12.4. The van der Waals surface area contributed by atoms with E-state index in [2.05, 4.69) is 0 Å². The molecule has 4 N–H and O–H groups in total. The van der Waals surface area contributed by atoms with Crippen molar-refractivity contribution >= 4 is 0 Å². The Balaban J connectivity index is 2.16. The molecule has 3 rings (SSSR count). The number of benzene rings is 3. The van der Waals surface area contributed by atoms with Gasteiger partial charge in [-0.15, -0.1) is 0 Å². The Morgan fingerprint density at radius 1 is 0.591 bits per heavy atom. The Labute approximate surface area is 131 Å². The third-order valence-electron chi connectivity index (χ3n) is 4.15. The number of rotatable bonds is 4. The largest absolute Gasteiger partial charge is 0.322 e. The van der Waals surface area contributed by atoms with E-state index >= 15 is 0 Å². The molecule has 1 atom stereocenters. The van der Waals surface area contributed by atoms with Gasteiger partial charge in [-0.05, 0) is 16.7 Å². The van der Waals surface area contributed by atoms with Gasteiger partial charge in [0.05, 0.1) is 11.6 Å². The Kier molecular flexibility index (Phi) is 4.05. The second kappa shape index (κ2) is 6.14. The fraction of sp³-hybridized carbons (Fsp3) is 0.100. The molecule has 0 spiro atoms. The summed E-state index contributed by atoms with van der Waals surface area (Å²) in [4.78, 5) is 0. The highest BCUT2D eigenvalue weighted by atomic mass is 14.9. The summed E-state index contributed by atoms with van der Waals surface area (Å²) < 4.78 is 0. The lowest BCUT2D eigenvalue weighted by Crippen LogP contribution is -2.47. The lowest BCUT2D eigenvalue weighted by Gasteiger charge is -2.37. The molecule has 0 saturated heterocycles. The molecule has 0 saturated carbocycles. The summed E-state index contributed by atoms with van der Waals surface area (Å²) in [5, 5.41) is 0. The topological polar surface area (TPSA) is 52.0 Å². The second-order valence-corrected chi connectivity index (χ2v) is 5.49. The molecular formula is C20H20N2. The van der Waals surface area contributed by atoms with Gasteiger partial charge in [-0.25, -0.2) is 0 Å². The van der Waals surface area contributed by atoms with Crippen LogP contribution in [0.2, 0.25) is 0 Å². The van der Waals surface area contributed by atoms with E-state index in [1.54, 1.807) is 0 Å². The van der Waals surface area contributed by atoms with Crippen LogP contribution >= 0.6 is 0 Å². The average Bonchev–Trinajstić information content (AvgIpc) is 2.62. The van der Waals surface area contributed by atoms with Crippen molar-refractivity contribution < 1.29 is 0 Å². The van der Waals surface area contributed by atoms with E-state index in [9.17, 15) is 0 Å². The summed E-state index contributed by atoms with van der Waals surface area (Å²) >= 11 is 0. The molecule has 110 valence electrons. The average molecular weight is 288 g/mol. The van der Waals surface area contributed by atoms with E-state index in [0.29, 0.717) is 0 Å². The van der Waals surface area contributed by atoms with Gasteiger partial charge in [0.25, 0.3) is 0 Å². The quantitative estimate of drug-likeness (QED) is 0.771. The molecule has 0 bridgehead atoms. The van der Waals surface area contributed by atoms with E-state index < -0.39 is 5.54 Å². The van der Waals surface area contributed by atoms with Gasteiger partial charge in [0, 0.05) is 0 Å². The zero-order valence-corrected chi connectivity index (χ0v) is 12.4. The minimum atomic E-state index is -0.774. The number of hydrogen-bond donors (Lipinski definition) is 2. The molecule has 0 aromatic heterocycles. The molecule has 2 heteroatoms. The van der Waals surface area contributed by atoms with Crippen molar-refractivity contribution in [1.82, 2.24) is 0 Å². The summed E-state index contributed by atoms with van der Waals surface area (Å²) in [6.45, 7) is 0. The predicted molar refractivity (Wildman–Crippen MR) is 91.2 cm³/mol. The van der Waals surface area contributed by atoms with Crippen molar-refractivity contribution in [2.75, 3.05) is 0 Å². The minimum absolute atomic E-state index is 0.335. The highest BCUT2D eigenvalue weighted by Gasteiger charge is 2.37. The van der Waals surface area contributed by atoms with Gasteiger partial charge in [-0.2, -0.15) is 0 Å². The smallest absolute Gasteiger partial charge is 0.0861 e. The summed E-state index contributed by atoms with van der Waals surface area (Å²) in [6.07, 6.45) is 0. The van der Waals surface area contributed by atoms with Crippen molar-refractivity contribution in [2.45, 2.75) is 11.6 Å². The van der Waals surface area contributed by atoms with Crippen molar-refractivity contribution in [1.29, 1.82) is 0 Å². The molecule has 0 radical (unpaired) electrons. The van der Waals surface area contributed by atoms with Gasteiger partial charge in [0.15, 0.2) is 0 Å². The maximum absolute atomic E-state index is 6.89. The monoisotopic (exact) mass is 288 g/mol. The standard InChI is InChI=1S/C20H20N2/c21-19(16-10-4-1-5-11-16)20(22,17-12-6-2-7-13-17)18-14-8-3-9-15-18/h1-15,19H,21-22H2/t19-/m0/s1. The fourth-order valence-corrected chi connectivity index (χ4v) is 2.88. The third kappa shape index (κ3) is 2.54. The first-order valence-electron chi connectivity index (χ1n) is 7.43. The van der Waals surface area contributed by atoms with E-state index in [-0.39, 0.29) is 6.04 Å². The molecule has 0 fully saturated rings. The Morgan fingerprint density at radius 2 is 0.955 bits per heavy atom. The Morgan fingerprint density at radius 3 is 1.36 bits per heavy atom. The SMILES string of the molecule is N[C@@H](c1ccccc1)C(N)(c1ccccc1)c1ccccc1. The van der Waals surface area contributed by atoms with E-state index in [4.69, 9.17) is 11.5 Å². The maximum atomic E-state index is 6.89. The van der Waals surface area contributed by atoms with Crippen LogP contribution in [0, 0.1) is 0 Å². The summed E-state index contributed by atoms with van der Waals surface area (Å²) in [5.74, 6) is 0. The van der Waals surface area contributed by atoms with Gasteiger partial charge in [0.1, 0.15) is 0 Å². The number of hydrogen-bond acceptors (Lipinski definition) is 2. The van der Waals surface area contributed by atoms with Crippen LogP contribution in [0.25, 0.3) is 0 Å². The van der Waals surface area contributed by atoms with Gasteiger partial charge in [-0.1, -0.05) is 91.0 Å². The molecule has 2 nitrogen and oxygen atoms in total. The molecule has 0 amide bonds. The van der Waals surface area contributed by atoms with Crippen LogP contribution in [0.5, 0.6) is 0 Å². The van der Waals surface area contributed by atoms with Crippen LogP contribution < -0.4 is 11.5 Å². The predicted octanol–water partition coefficient (Wildman–Crippen LogP) is 3.59. The maximum Gasteiger partial charge on any atom is 0.0861 e. The van der Waals surface area contributed by atoms with Crippen molar-refractivity contribution in [2.24, 2.45) is 11.5 Å². The lowest BCUT2D eigenvalue weighted by atomic mass is 9.75. The number of nitrogens with two attached hydrogens (primary N) is 2. The summed E-state index contributed by atoms with van der Waals surface area (Å²) in [6, 6.07) is 29.8. The van der Waals surface area contributed by atoms with Crippen LogP contribution in [0.15, 0.2) is 91.0 Å². The van der Waals surface area contributed by atoms with Crippen molar-refractivity contribution in [3.63, 3.8) is 0 Å². The van der Waals surface area contributed by atoms with Crippen LogP contribution in [0.1, 0.15) is 22.7 Å². The van der Waals surface area contributed by atoms with E-state index in [0.717, 1.165) is 16.7 Å². The fourth-order valence-electron chi connectivity index (χ4n) is 2.88. The first kappa shape index (κ1) is 14.5. The zero-order chi connectivity index (χ0) is 15.4. The van der Waals surface area contributed by atoms with Crippen LogP contribution in [-0.2, 0) is 5.54 Å². The van der Waals surface area contributed by atoms with Crippen molar-refractivity contribution in [3.05, 3.63) is 108 Å². The third-order valence-corrected chi connectivity index (χ3v) is 4.15. The summed E-state index contributed by atoms with van der Waals surface area (Å²) in [7, 11) is 0. The molecule has 3 aromatic rings. The molecular weight excluding hydrogens is 268 g/mol. The van der Waals surface area contributed by atoms with Gasteiger partial charge < -0.3 is 11.5 Å². The first-order chi connectivity index (χ1) is 10.7. The molecule has 22 heavy (non-hydrogen) atoms. The normalized spacial score (nSPS) is 12.8. The molecule has 3 aromatic carbocycles. The van der Waals surface area contributed by atoms with Crippen LogP contribution in [0.3, 0.4) is 0 Å². The van der Waals surface area contributed by atoms with E-state index in [1.807, 2.05) is 91.0 Å². The molecule has 0 unspecified atom stereocenters. The minimum Gasteiger partial charge on any atom is -0.322 e. The van der Waals surface area contributed by atoms with E-state index in [1.165, 1.54) is 0 Å². The first-order valence-corrected chi connectivity index (χ1v) is 7.43. The lowest BCUT2D eigenvalue weighted by molar-refractivity contribution is 0.432. The van der Waals surface area contributed by atoms with Crippen LogP contribution in [0.4, 0.5) is 0 Å². The molecule has 0 heterocycles. The highest BCUT2D eigenvalue weighted by Crippen LogP contribution is 2.37.